The third-order valence-corrected chi connectivity index (χ3v) is 2.68. The largest absolute Gasteiger partial charge is 0.467 e. The van der Waals surface area contributed by atoms with Crippen molar-refractivity contribution in [2.75, 3.05) is 17.2 Å². The minimum atomic E-state index is 0.695. The Morgan fingerprint density at radius 3 is 2.88 bits per heavy atom. The molecule has 2 rings (SSSR count). The van der Waals surface area contributed by atoms with Gasteiger partial charge in [-0.25, -0.2) is 4.98 Å². The summed E-state index contributed by atoms with van der Waals surface area (Å²) in [5.41, 5.74) is 7.48. The van der Waals surface area contributed by atoms with E-state index in [2.05, 4.69) is 16.8 Å². The molecule has 0 aliphatic rings. The summed E-state index contributed by atoms with van der Waals surface area (Å²) in [5, 5.41) is 0. The maximum absolute atomic E-state index is 5.71. The van der Waals surface area contributed by atoms with Crippen molar-refractivity contribution >= 4 is 11.5 Å². The molecule has 0 atom stereocenters. The van der Waals surface area contributed by atoms with Crippen molar-refractivity contribution in [2.24, 2.45) is 0 Å². The number of aromatic nitrogens is 1. The maximum atomic E-state index is 5.71. The van der Waals surface area contributed by atoms with Crippen LogP contribution in [0.25, 0.3) is 0 Å². The molecule has 0 saturated carbocycles. The van der Waals surface area contributed by atoms with Gasteiger partial charge in [0.15, 0.2) is 0 Å². The number of nitrogen functional groups attached to an aromatic ring is 1. The average Bonchev–Trinajstić information content (AvgIpc) is 2.79. The van der Waals surface area contributed by atoms with Crippen molar-refractivity contribution in [2.45, 2.75) is 20.4 Å². The molecule has 4 heteroatoms. The van der Waals surface area contributed by atoms with Crippen LogP contribution < -0.4 is 10.6 Å². The molecule has 2 N–H and O–H groups in total. The summed E-state index contributed by atoms with van der Waals surface area (Å²) >= 11 is 0. The number of nitrogens with two attached hydrogens (primary N) is 1. The molecule has 0 amide bonds. The van der Waals surface area contributed by atoms with Gasteiger partial charge in [-0.3, -0.25) is 0 Å². The molecule has 0 aromatic carbocycles. The number of hydrogen-bond acceptors (Lipinski definition) is 4. The summed E-state index contributed by atoms with van der Waals surface area (Å²) in [6, 6.07) is 5.80. The van der Waals surface area contributed by atoms with E-state index in [0.29, 0.717) is 5.69 Å². The van der Waals surface area contributed by atoms with E-state index in [0.717, 1.165) is 30.2 Å². The minimum Gasteiger partial charge on any atom is -0.467 e. The van der Waals surface area contributed by atoms with Crippen LogP contribution in [0, 0.1) is 6.92 Å². The molecule has 2 heterocycles. The van der Waals surface area contributed by atoms with Crippen molar-refractivity contribution < 1.29 is 4.42 Å². The fourth-order valence-corrected chi connectivity index (χ4v) is 1.85. The van der Waals surface area contributed by atoms with Crippen LogP contribution in [0.4, 0.5) is 11.5 Å². The summed E-state index contributed by atoms with van der Waals surface area (Å²) in [6.45, 7) is 5.71. The lowest BCUT2D eigenvalue weighted by molar-refractivity contribution is 0.502. The van der Waals surface area contributed by atoms with Crippen LogP contribution in [0.15, 0.2) is 35.1 Å². The predicted molar refractivity (Wildman–Crippen MR) is 68.8 cm³/mol. The average molecular weight is 231 g/mol. The molecular weight excluding hydrogens is 214 g/mol. The van der Waals surface area contributed by atoms with E-state index in [4.69, 9.17) is 10.2 Å². The van der Waals surface area contributed by atoms with Crippen molar-refractivity contribution in [3.63, 3.8) is 0 Å². The highest BCUT2D eigenvalue weighted by Crippen LogP contribution is 2.20. The molecule has 0 radical (unpaired) electrons. The van der Waals surface area contributed by atoms with Crippen LogP contribution in [-0.2, 0) is 6.54 Å². The second-order valence-electron chi connectivity index (χ2n) is 4.00. The number of nitrogens with zero attached hydrogens (tertiary/aromatic N) is 2. The zero-order chi connectivity index (χ0) is 12.3. The van der Waals surface area contributed by atoms with E-state index in [1.807, 2.05) is 25.1 Å². The van der Waals surface area contributed by atoms with E-state index in [9.17, 15) is 0 Å². The number of rotatable bonds is 4. The highest BCUT2D eigenvalue weighted by Gasteiger charge is 2.11. The number of aryl methyl sites for hydroxylation is 1. The van der Waals surface area contributed by atoms with Gasteiger partial charge >= 0.3 is 0 Å². The summed E-state index contributed by atoms with van der Waals surface area (Å²) in [5.74, 6) is 1.89. The van der Waals surface area contributed by atoms with Gasteiger partial charge in [-0.05, 0) is 37.6 Å². The summed E-state index contributed by atoms with van der Waals surface area (Å²) in [6.07, 6.45) is 3.37. The molecule has 0 aliphatic carbocycles. The van der Waals surface area contributed by atoms with Gasteiger partial charge in [-0.2, -0.15) is 0 Å². The molecule has 17 heavy (non-hydrogen) atoms. The van der Waals surface area contributed by atoms with E-state index in [1.54, 1.807) is 12.5 Å². The Bertz CT molecular complexity index is 479. The molecule has 0 fully saturated rings. The topological polar surface area (TPSA) is 55.3 Å². The summed E-state index contributed by atoms with van der Waals surface area (Å²) in [7, 11) is 0. The van der Waals surface area contributed by atoms with Crippen LogP contribution in [0.5, 0.6) is 0 Å². The van der Waals surface area contributed by atoms with Gasteiger partial charge in [0.25, 0.3) is 0 Å². The van der Waals surface area contributed by atoms with Crippen LogP contribution in [0.1, 0.15) is 18.2 Å². The van der Waals surface area contributed by atoms with Crippen LogP contribution >= 0.6 is 0 Å². The van der Waals surface area contributed by atoms with Gasteiger partial charge in [-0.15, -0.1) is 0 Å². The predicted octanol–water partition coefficient (Wildman–Crippen LogP) is 2.59. The third-order valence-electron chi connectivity index (χ3n) is 2.68. The number of furan rings is 1. The lowest BCUT2D eigenvalue weighted by Gasteiger charge is -2.22. The Labute approximate surface area is 101 Å². The third kappa shape index (κ3) is 2.58. The molecule has 2 aromatic heterocycles. The highest BCUT2D eigenvalue weighted by atomic mass is 16.3. The van der Waals surface area contributed by atoms with E-state index in [-0.39, 0.29) is 0 Å². The minimum absolute atomic E-state index is 0.695. The van der Waals surface area contributed by atoms with Crippen LogP contribution in [0.2, 0.25) is 0 Å². The Hall–Kier alpha value is -1.97. The van der Waals surface area contributed by atoms with Gasteiger partial charge < -0.3 is 15.1 Å². The van der Waals surface area contributed by atoms with Crippen molar-refractivity contribution in [3.05, 3.63) is 42.0 Å². The number of hydrogen-bond donors (Lipinski definition) is 1. The van der Waals surface area contributed by atoms with E-state index >= 15 is 0 Å². The molecule has 0 bridgehead atoms. The van der Waals surface area contributed by atoms with Gasteiger partial charge in [0.05, 0.1) is 24.7 Å². The van der Waals surface area contributed by atoms with E-state index in [1.165, 1.54) is 0 Å². The summed E-state index contributed by atoms with van der Waals surface area (Å²) in [4.78, 5) is 6.55. The first-order valence-corrected chi connectivity index (χ1v) is 5.70. The van der Waals surface area contributed by atoms with Crippen molar-refractivity contribution in [1.29, 1.82) is 0 Å². The first-order valence-electron chi connectivity index (χ1n) is 5.70. The molecule has 0 aliphatic heterocycles. The molecule has 0 unspecified atom stereocenters. The highest BCUT2D eigenvalue weighted by molar-refractivity contribution is 5.52. The zero-order valence-corrected chi connectivity index (χ0v) is 10.2. The Morgan fingerprint density at radius 1 is 1.47 bits per heavy atom. The van der Waals surface area contributed by atoms with Gasteiger partial charge in [0, 0.05) is 6.54 Å². The monoisotopic (exact) mass is 231 g/mol. The molecule has 0 saturated heterocycles. The molecule has 2 aromatic rings. The van der Waals surface area contributed by atoms with Crippen LogP contribution in [-0.4, -0.2) is 11.5 Å². The smallest absolute Gasteiger partial charge is 0.131 e. The first-order chi connectivity index (χ1) is 8.20. The van der Waals surface area contributed by atoms with Crippen molar-refractivity contribution in [3.8, 4) is 0 Å². The normalized spacial score (nSPS) is 10.5. The van der Waals surface area contributed by atoms with E-state index < -0.39 is 0 Å². The van der Waals surface area contributed by atoms with Gasteiger partial charge in [0.2, 0.25) is 0 Å². The van der Waals surface area contributed by atoms with Gasteiger partial charge in [0.1, 0.15) is 11.6 Å². The quantitative estimate of drug-likeness (QED) is 0.878. The second-order valence-corrected chi connectivity index (χ2v) is 4.00. The number of pyridine rings is 1. The van der Waals surface area contributed by atoms with Crippen molar-refractivity contribution in [1.82, 2.24) is 4.98 Å². The Kier molecular flexibility index (Phi) is 3.32. The maximum Gasteiger partial charge on any atom is 0.131 e. The standard InChI is InChI=1S/C13H17N3O/c1-3-16(9-12-5-4-6-17-12)13-10(2)7-11(14)8-15-13/h4-8H,3,9,14H2,1-2H3. The fraction of sp³-hybridized carbons (Fsp3) is 0.308. The molecule has 4 nitrogen and oxygen atoms in total. The summed E-state index contributed by atoms with van der Waals surface area (Å²) < 4.78 is 5.36. The Balaban J connectivity index is 2.23. The molecule has 0 spiro atoms. The zero-order valence-electron chi connectivity index (χ0n) is 10.2. The fourth-order valence-electron chi connectivity index (χ4n) is 1.85. The SMILES string of the molecule is CCN(Cc1ccco1)c1ncc(N)cc1C. The molecular formula is C13H17N3O. The lowest BCUT2D eigenvalue weighted by Crippen LogP contribution is -2.23. The lowest BCUT2D eigenvalue weighted by atomic mass is 10.2. The molecule has 90 valence electrons. The number of anilines is 2. The Morgan fingerprint density at radius 2 is 2.29 bits per heavy atom. The van der Waals surface area contributed by atoms with Gasteiger partial charge in [-0.1, -0.05) is 0 Å². The van der Waals surface area contributed by atoms with Crippen LogP contribution in [0.3, 0.4) is 0 Å². The first kappa shape index (κ1) is 11.5. The second kappa shape index (κ2) is 4.91.